The predicted octanol–water partition coefficient (Wildman–Crippen LogP) is 3.78. The monoisotopic (exact) mass is 337 g/mol. The van der Waals surface area contributed by atoms with E-state index in [9.17, 15) is 14.3 Å². The van der Waals surface area contributed by atoms with Gasteiger partial charge in [-0.3, -0.25) is 4.79 Å². The fraction of sp³-hybridized carbons (Fsp3) is 0.133. The van der Waals surface area contributed by atoms with Gasteiger partial charge in [0.25, 0.3) is 5.91 Å². The quantitative estimate of drug-likeness (QED) is 0.895. The molecule has 0 saturated heterocycles. The molecule has 20 heavy (non-hydrogen) atoms. The standard InChI is InChI=1S/C15H13BrFNO2/c1-9(10-2-5-12(17)6-3-10)18-15(20)13-8-11(16)4-7-14(13)19/h2-9,19H,1H3,(H,18,20). The fourth-order valence-corrected chi connectivity index (χ4v) is 2.16. The molecule has 2 N–H and O–H groups in total. The molecule has 0 saturated carbocycles. The van der Waals surface area contributed by atoms with Crippen molar-refractivity contribution in [3.8, 4) is 5.75 Å². The Balaban J connectivity index is 2.15. The second-order valence-electron chi connectivity index (χ2n) is 4.41. The predicted molar refractivity (Wildman–Crippen MR) is 78.1 cm³/mol. The second-order valence-corrected chi connectivity index (χ2v) is 5.32. The van der Waals surface area contributed by atoms with Gasteiger partial charge in [0.1, 0.15) is 11.6 Å². The van der Waals surface area contributed by atoms with Crippen LogP contribution in [0, 0.1) is 5.82 Å². The van der Waals surface area contributed by atoms with Crippen LogP contribution in [0.25, 0.3) is 0 Å². The van der Waals surface area contributed by atoms with Crippen molar-refractivity contribution in [2.24, 2.45) is 0 Å². The fourth-order valence-electron chi connectivity index (χ4n) is 1.80. The highest BCUT2D eigenvalue weighted by Crippen LogP contribution is 2.23. The van der Waals surface area contributed by atoms with Gasteiger partial charge in [-0.1, -0.05) is 28.1 Å². The highest BCUT2D eigenvalue weighted by molar-refractivity contribution is 9.10. The van der Waals surface area contributed by atoms with Crippen LogP contribution in [0.4, 0.5) is 4.39 Å². The first kappa shape index (κ1) is 14.5. The van der Waals surface area contributed by atoms with Crippen molar-refractivity contribution < 1.29 is 14.3 Å². The highest BCUT2D eigenvalue weighted by Gasteiger charge is 2.15. The van der Waals surface area contributed by atoms with E-state index in [-0.39, 0.29) is 29.1 Å². The van der Waals surface area contributed by atoms with E-state index in [2.05, 4.69) is 21.2 Å². The van der Waals surface area contributed by atoms with Crippen LogP contribution in [0.5, 0.6) is 5.75 Å². The lowest BCUT2D eigenvalue weighted by atomic mass is 10.1. The molecule has 0 aliphatic carbocycles. The van der Waals surface area contributed by atoms with E-state index in [0.29, 0.717) is 4.47 Å². The Morgan fingerprint density at radius 2 is 1.90 bits per heavy atom. The zero-order chi connectivity index (χ0) is 14.7. The second kappa shape index (κ2) is 6.05. The zero-order valence-electron chi connectivity index (χ0n) is 10.7. The normalized spacial score (nSPS) is 11.9. The number of rotatable bonds is 3. The zero-order valence-corrected chi connectivity index (χ0v) is 12.3. The summed E-state index contributed by atoms with van der Waals surface area (Å²) in [7, 11) is 0. The average molecular weight is 338 g/mol. The van der Waals surface area contributed by atoms with Gasteiger partial charge in [0.15, 0.2) is 0 Å². The number of nitrogens with one attached hydrogen (secondary N) is 1. The molecule has 2 aromatic carbocycles. The Kier molecular flexibility index (Phi) is 4.39. The number of phenolic OH excluding ortho intramolecular Hbond substituents is 1. The summed E-state index contributed by atoms with van der Waals surface area (Å²) in [5.74, 6) is -0.797. The number of amides is 1. The summed E-state index contributed by atoms with van der Waals surface area (Å²) >= 11 is 3.25. The summed E-state index contributed by atoms with van der Waals surface area (Å²) in [6.07, 6.45) is 0. The third-order valence-corrected chi connectivity index (χ3v) is 3.41. The molecule has 3 nitrogen and oxygen atoms in total. The van der Waals surface area contributed by atoms with Crippen molar-refractivity contribution in [2.75, 3.05) is 0 Å². The molecule has 0 radical (unpaired) electrons. The van der Waals surface area contributed by atoms with Crippen LogP contribution in [0.1, 0.15) is 28.9 Å². The van der Waals surface area contributed by atoms with E-state index < -0.39 is 0 Å². The molecule has 1 unspecified atom stereocenters. The number of carbonyl (C=O) groups is 1. The van der Waals surface area contributed by atoms with Crippen LogP contribution in [0.15, 0.2) is 46.9 Å². The topological polar surface area (TPSA) is 49.3 Å². The van der Waals surface area contributed by atoms with Crippen LogP contribution in [-0.2, 0) is 0 Å². The number of carbonyl (C=O) groups excluding carboxylic acids is 1. The SMILES string of the molecule is CC(NC(=O)c1cc(Br)ccc1O)c1ccc(F)cc1. The van der Waals surface area contributed by atoms with Crippen molar-refractivity contribution in [1.29, 1.82) is 0 Å². The molecule has 0 heterocycles. The number of halogens is 2. The van der Waals surface area contributed by atoms with Gasteiger partial charge in [0, 0.05) is 4.47 Å². The van der Waals surface area contributed by atoms with Gasteiger partial charge >= 0.3 is 0 Å². The molecule has 0 spiro atoms. The number of benzene rings is 2. The molecule has 0 bridgehead atoms. The van der Waals surface area contributed by atoms with Crippen LogP contribution in [0.3, 0.4) is 0 Å². The number of aromatic hydroxyl groups is 1. The minimum atomic E-state index is -0.388. The molecule has 0 aliphatic rings. The molecule has 0 fully saturated rings. The minimum Gasteiger partial charge on any atom is -0.507 e. The lowest BCUT2D eigenvalue weighted by molar-refractivity contribution is 0.0937. The van der Waals surface area contributed by atoms with E-state index in [0.717, 1.165) is 5.56 Å². The van der Waals surface area contributed by atoms with Gasteiger partial charge in [-0.2, -0.15) is 0 Å². The number of hydrogen-bond donors (Lipinski definition) is 2. The summed E-state index contributed by atoms with van der Waals surface area (Å²) < 4.78 is 13.6. The Morgan fingerprint density at radius 1 is 1.25 bits per heavy atom. The summed E-state index contributed by atoms with van der Waals surface area (Å²) in [6.45, 7) is 1.79. The van der Waals surface area contributed by atoms with Gasteiger partial charge in [-0.05, 0) is 42.8 Å². The van der Waals surface area contributed by atoms with Gasteiger partial charge in [-0.25, -0.2) is 4.39 Å². The smallest absolute Gasteiger partial charge is 0.255 e. The minimum absolute atomic E-state index is 0.0861. The average Bonchev–Trinajstić information content (AvgIpc) is 2.42. The van der Waals surface area contributed by atoms with E-state index in [1.54, 1.807) is 31.2 Å². The molecular formula is C15H13BrFNO2. The molecule has 1 amide bonds. The molecular weight excluding hydrogens is 325 g/mol. The molecule has 2 aromatic rings. The Labute approximate surface area is 124 Å². The lowest BCUT2D eigenvalue weighted by Crippen LogP contribution is -2.26. The van der Waals surface area contributed by atoms with Gasteiger partial charge < -0.3 is 10.4 Å². The molecule has 2 rings (SSSR count). The van der Waals surface area contributed by atoms with E-state index in [4.69, 9.17) is 0 Å². The van der Waals surface area contributed by atoms with Gasteiger partial charge in [-0.15, -0.1) is 0 Å². The van der Waals surface area contributed by atoms with Crippen molar-refractivity contribution >= 4 is 21.8 Å². The molecule has 5 heteroatoms. The maximum absolute atomic E-state index is 12.8. The third-order valence-electron chi connectivity index (χ3n) is 2.92. The van der Waals surface area contributed by atoms with E-state index in [1.165, 1.54) is 18.2 Å². The van der Waals surface area contributed by atoms with Crippen LogP contribution < -0.4 is 5.32 Å². The van der Waals surface area contributed by atoms with E-state index >= 15 is 0 Å². The summed E-state index contributed by atoms with van der Waals surface area (Å²) in [4.78, 5) is 12.1. The maximum atomic E-state index is 12.8. The first-order valence-electron chi connectivity index (χ1n) is 6.02. The Morgan fingerprint density at radius 3 is 2.55 bits per heavy atom. The molecule has 104 valence electrons. The Bertz CT molecular complexity index is 628. The van der Waals surface area contributed by atoms with Gasteiger partial charge in [0.05, 0.1) is 11.6 Å². The molecule has 0 aliphatic heterocycles. The van der Waals surface area contributed by atoms with Crippen LogP contribution >= 0.6 is 15.9 Å². The largest absolute Gasteiger partial charge is 0.507 e. The number of phenols is 1. The van der Waals surface area contributed by atoms with E-state index in [1.807, 2.05) is 0 Å². The van der Waals surface area contributed by atoms with Crippen molar-refractivity contribution in [1.82, 2.24) is 5.32 Å². The lowest BCUT2D eigenvalue weighted by Gasteiger charge is -2.15. The Hall–Kier alpha value is -1.88. The summed E-state index contributed by atoms with van der Waals surface area (Å²) in [5.41, 5.74) is 0.975. The van der Waals surface area contributed by atoms with Crippen molar-refractivity contribution in [2.45, 2.75) is 13.0 Å². The summed E-state index contributed by atoms with van der Waals surface area (Å²) in [5, 5.41) is 12.5. The molecule has 1 atom stereocenters. The third kappa shape index (κ3) is 3.36. The van der Waals surface area contributed by atoms with Crippen molar-refractivity contribution in [3.63, 3.8) is 0 Å². The number of hydrogen-bond acceptors (Lipinski definition) is 2. The summed E-state index contributed by atoms with van der Waals surface area (Å²) in [6, 6.07) is 10.3. The van der Waals surface area contributed by atoms with Crippen LogP contribution in [0.2, 0.25) is 0 Å². The van der Waals surface area contributed by atoms with Crippen LogP contribution in [-0.4, -0.2) is 11.0 Å². The molecule has 0 aromatic heterocycles. The maximum Gasteiger partial charge on any atom is 0.255 e. The van der Waals surface area contributed by atoms with Gasteiger partial charge in [0.2, 0.25) is 0 Å². The highest BCUT2D eigenvalue weighted by atomic mass is 79.9. The first-order chi connectivity index (χ1) is 9.47. The van der Waals surface area contributed by atoms with Crippen molar-refractivity contribution in [3.05, 3.63) is 63.9 Å². The first-order valence-corrected chi connectivity index (χ1v) is 6.81.